The zero-order valence-corrected chi connectivity index (χ0v) is 16.7. The fraction of sp³-hybridized carbons (Fsp3) is 0.375. The summed E-state index contributed by atoms with van der Waals surface area (Å²) in [7, 11) is 0. The first-order valence-electron chi connectivity index (χ1n) is 10.2. The van der Waals surface area contributed by atoms with Crippen molar-refractivity contribution in [3.8, 4) is 22.5 Å². The van der Waals surface area contributed by atoms with Crippen LogP contribution in [0.25, 0.3) is 22.5 Å². The number of nitrogens with one attached hydrogen (secondary N) is 1. The number of H-pyrrole nitrogens is 1. The summed E-state index contributed by atoms with van der Waals surface area (Å²) in [5.74, 6) is 1.01. The number of hydrogen-bond donors (Lipinski definition) is 1. The second kappa shape index (κ2) is 11.4. The number of rotatable bonds is 12. The first-order chi connectivity index (χ1) is 13.9. The van der Waals surface area contributed by atoms with Gasteiger partial charge in [-0.1, -0.05) is 67.6 Å². The number of aromatic amines is 1. The van der Waals surface area contributed by atoms with Crippen molar-refractivity contribution >= 4 is 0 Å². The lowest BCUT2D eigenvalue weighted by Gasteiger charge is -2.04. The number of nitrogens with zero attached hydrogens (tertiary/aromatic N) is 1. The fourth-order valence-corrected chi connectivity index (χ4v) is 3.11. The van der Waals surface area contributed by atoms with Gasteiger partial charge < -0.3 is 14.5 Å². The number of ether oxygens (including phenoxy) is 2. The molecule has 28 heavy (non-hydrogen) atoms. The quantitative estimate of drug-likeness (QED) is 0.423. The number of aromatic nitrogens is 2. The smallest absolute Gasteiger partial charge is 0.107 e. The van der Waals surface area contributed by atoms with E-state index in [1.54, 1.807) is 0 Å². The molecule has 148 valence electrons. The van der Waals surface area contributed by atoms with Crippen molar-refractivity contribution in [3.63, 3.8) is 0 Å². The van der Waals surface area contributed by atoms with Crippen molar-refractivity contribution in [2.75, 3.05) is 26.4 Å². The maximum atomic E-state index is 5.72. The Hall–Kier alpha value is -2.43. The largest absolute Gasteiger partial charge is 0.381 e. The van der Waals surface area contributed by atoms with Crippen LogP contribution in [0.5, 0.6) is 0 Å². The van der Waals surface area contributed by atoms with Gasteiger partial charge >= 0.3 is 0 Å². The summed E-state index contributed by atoms with van der Waals surface area (Å²) in [4.78, 5) is 8.43. The number of benzene rings is 2. The van der Waals surface area contributed by atoms with Gasteiger partial charge in [0.05, 0.1) is 11.4 Å². The SMILES string of the molecule is CCCOCCCOCCCc1nc(-c2ccccc2)c(-c2ccccc2)[nH]1. The molecule has 4 heteroatoms. The van der Waals surface area contributed by atoms with Crippen molar-refractivity contribution in [2.45, 2.75) is 32.6 Å². The molecule has 0 radical (unpaired) electrons. The second-order valence-corrected chi connectivity index (χ2v) is 6.82. The second-order valence-electron chi connectivity index (χ2n) is 6.82. The van der Waals surface area contributed by atoms with Crippen LogP contribution in [0.15, 0.2) is 60.7 Å². The molecule has 0 bridgehead atoms. The lowest BCUT2D eigenvalue weighted by atomic mass is 10.1. The molecule has 0 amide bonds. The van der Waals surface area contributed by atoms with Gasteiger partial charge in [-0.15, -0.1) is 0 Å². The summed E-state index contributed by atoms with van der Waals surface area (Å²) in [6.07, 6.45) is 3.85. The minimum absolute atomic E-state index is 0.746. The van der Waals surface area contributed by atoms with Crippen LogP contribution < -0.4 is 0 Å². The van der Waals surface area contributed by atoms with E-state index in [1.807, 2.05) is 12.1 Å². The molecule has 1 heterocycles. The van der Waals surface area contributed by atoms with E-state index in [0.29, 0.717) is 0 Å². The van der Waals surface area contributed by atoms with E-state index in [0.717, 1.165) is 80.4 Å². The molecular formula is C24H30N2O2. The van der Waals surface area contributed by atoms with Crippen LogP contribution >= 0.6 is 0 Å². The van der Waals surface area contributed by atoms with Crippen molar-refractivity contribution < 1.29 is 9.47 Å². The van der Waals surface area contributed by atoms with Gasteiger partial charge in [0.2, 0.25) is 0 Å². The Kier molecular flexibility index (Phi) is 8.28. The molecule has 1 N–H and O–H groups in total. The number of aryl methyl sites for hydroxylation is 1. The standard InChI is InChI=1S/C24H30N2O2/c1-2-16-27-18-10-19-28-17-9-15-22-25-23(20-11-5-3-6-12-20)24(26-22)21-13-7-4-8-14-21/h3-8,11-14H,2,9-10,15-19H2,1H3,(H,25,26). The lowest BCUT2D eigenvalue weighted by molar-refractivity contribution is 0.0820. The van der Waals surface area contributed by atoms with Crippen molar-refractivity contribution in [1.29, 1.82) is 0 Å². The normalized spacial score (nSPS) is 11.0. The van der Waals surface area contributed by atoms with Crippen LogP contribution in [0.2, 0.25) is 0 Å². The molecule has 0 spiro atoms. The van der Waals surface area contributed by atoms with E-state index < -0.39 is 0 Å². The molecule has 0 atom stereocenters. The monoisotopic (exact) mass is 378 g/mol. The van der Waals surface area contributed by atoms with Crippen molar-refractivity contribution in [2.24, 2.45) is 0 Å². The predicted octanol–water partition coefficient (Wildman–Crippen LogP) is 5.51. The summed E-state index contributed by atoms with van der Waals surface area (Å²) in [5, 5.41) is 0. The molecule has 1 aromatic heterocycles. The molecule has 3 rings (SSSR count). The third-order valence-corrected chi connectivity index (χ3v) is 4.49. The maximum Gasteiger partial charge on any atom is 0.107 e. The Balaban J connectivity index is 1.56. The van der Waals surface area contributed by atoms with Gasteiger partial charge in [-0.2, -0.15) is 0 Å². The van der Waals surface area contributed by atoms with Crippen LogP contribution in [0.3, 0.4) is 0 Å². The first kappa shape index (κ1) is 20.3. The summed E-state index contributed by atoms with van der Waals surface area (Å²) in [5.41, 5.74) is 4.38. The van der Waals surface area contributed by atoms with Crippen molar-refractivity contribution in [1.82, 2.24) is 9.97 Å². The van der Waals surface area contributed by atoms with Crippen LogP contribution in [0.4, 0.5) is 0 Å². The topological polar surface area (TPSA) is 47.1 Å². The molecule has 2 aromatic carbocycles. The minimum Gasteiger partial charge on any atom is -0.381 e. The number of imidazole rings is 1. The zero-order valence-electron chi connectivity index (χ0n) is 16.7. The Morgan fingerprint density at radius 2 is 1.36 bits per heavy atom. The highest BCUT2D eigenvalue weighted by atomic mass is 16.5. The summed E-state index contributed by atoms with van der Waals surface area (Å²) in [6.45, 7) is 5.25. The Morgan fingerprint density at radius 1 is 0.750 bits per heavy atom. The van der Waals surface area contributed by atoms with Gasteiger partial charge in [-0.3, -0.25) is 0 Å². The average molecular weight is 379 g/mol. The molecule has 0 saturated heterocycles. The Morgan fingerprint density at radius 3 is 2.04 bits per heavy atom. The highest BCUT2D eigenvalue weighted by molar-refractivity contribution is 5.78. The van der Waals surface area contributed by atoms with Gasteiger partial charge in [0.1, 0.15) is 5.82 Å². The summed E-state index contributed by atoms with van der Waals surface area (Å²) < 4.78 is 11.2. The third-order valence-electron chi connectivity index (χ3n) is 4.49. The van der Waals surface area contributed by atoms with E-state index in [2.05, 4.69) is 60.4 Å². The molecule has 0 aliphatic carbocycles. The molecule has 0 fully saturated rings. The third kappa shape index (κ3) is 6.04. The van der Waals surface area contributed by atoms with Crippen LogP contribution in [-0.4, -0.2) is 36.4 Å². The molecule has 3 aromatic rings. The first-order valence-corrected chi connectivity index (χ1v) is 10.2. The van der Waals surface area contributed by atoms with Gasteiger partial charge in [0.25, 0.3) is 0 Å². The predicted molar refractivity (Wildman–Crippen MR) is 114 cm³/mol. The Bertz CT molecular complexity index is 743. The van der Waals surface area contributed by atoms with E-state index in [9.17, 15) is 0 Å². The van der Waals surface area contributed by atoms with Crippen LogP contribution in [0.1, 0.15) is 32.0 Å². The van der Waals surface area contributed by atoms with E-state index in [-0.39, 0.29) is 0 Å². The van der Waals surface area contributed by atoms with Crippen molar-refractivity contribution in [3.05, 3.63) is 66.5 Å². The summed E-state index contributed by atoms with van der Waals surface area (Å²) in [6, 6.07) is 20.7. The fourth-order valence-electron chi connectivity index (χ4n) is 3.11. The van der Waals surface area contributed by atoms with E-state index in [4.69, 9.17) is 14.5 Å². The van der Waals surface area contributed by atoms with E-state index in [1.165, 1.54) is 0 Å². The number of hydrogen-bond acceptors (Lipinski definition) is 3. The molecular weight excluding hydrogens is 348 g/mol. The van der Waals surface area contributed by atoms with Crippen LogP contribution in [-0.2, 0) is 15.9 Å². The van der Waals surface area contributed by atoms with E-state index >= 15 is 0 Å². The average Bonchev–Trinajstić information content (AvgIpc) is 3.18. The molecule has 0 aliphatic rings. The Labute approximate surface area is 167 Å². The van der Waals surface area contributed by atoms with Gasteiger partial charge in [0, 0.05) is 44.0 Å². The molecule has 0 unspecified atom stereocenters. The van der Waals surface area contributed by atoms with Gasteiger partial charge in [0.15, 0.2) is 0 Å². The highest BCUT2D eigenvalue weighted by Crippen LogP contribution is 2.30. The van der Waals surface area contributed by atoms with Gasteiger partial charge in [-0.05, 0) is 19.3 Å². The minimum atomic E-state index is 0.746. The molecule has 4 nitrogen and oxygen atoms in total. The maximum absolute atomic E-state index is 5.72. The van der Waals surface area contributed by atoms with Gasteiger partial charge in [-0.25, -0.2) is 4.98 Å². The molecule has 0 aliphatic heterocycles. The highest BCUT2D eigenvalue weighted by Gasteiger charge is 2.13. The lowest BCUT2D eigenvalue weighted by Crippen LogP contribution is -2.03. The van der Waals surface area contributed by atoms with Crippen LogP contribution in [0, 0.1) is 0 Å². The molecule has 0 saturated carbocycles. The summed E-state index contributed by atoms with van der Waals surface area (Å²) >= 11 is 0. The zero-order chi connectivity index (χ0) is 19.4.